The molecule has 2 nitrogen and oxygen atoms in total. The van der Waals surface area contributed by atoms with E-state index in [1.54, 1.807) is 0 Å². The molecule has 0 amide bonds. The van der Waals surface area contributed by atoms with Gasteiger partial charge in [0.2, 0.25) is 0 Å². The predicted molar refractivity (Wildman–Crippen MR) is 58.4 cm³/mol. The second-order valence-corrected chi connectivity index (χ2v) is 5.25. The Bertz CT molecular complexity index is 169. The van der Waals surface area contributed by atoms with Crippen molar-refractivity contribution in [3.05, 3.63) is 0 Å². The quantitative estimate of drug-likeness (QED) is 0.733. The van der Waals surface area contributed by atoms with E-state index in [-0.39, 0.29) is 5.54 Å². The Hall–Kier alpha value is -0.0800. The molecule has 14 heavy (non-hydrogen) atoms. The third-order valence-corrected chi connectivity index (χ3v) is 3.68. The van der Waals surface area contributed by atoms with Crippen LogP contribution in [0.2, 0.25) is 0 Å². The van der Waals surface area contributed by atoms with Crippen LogP contribution in [0, 0.1) is 5.92 Å². The van der Waals surface area contributed by atoms with Gasteiger partial charge in [0.05, 0.1) is 13.2 Å². The van der Waals surface area contributed by atoms with Crippen LogP contribution < -0.4 is 5.32 Å². The first-order valence-corrected chi connectivity index (χ1v) is 6.11. The normalized spacial score (nSPS) is 35.8. The molecule has 1 unspecified atom stereocenters. The molecule has 1 heterocycles. The predicted octanol–water partition coefficient (Wildman–Crippen LogP) is 2.34. The van der Waals surface area contributed by atoms with Gasteiger partial charge in [-0.3, -0.25) is 0 Å². The summed E-state index contributed by atoms with van der Waals surface area (Å²) in [6, 6.07) is 0. The highest BCUT2D eigenvalue weighted by atomic mass is 16.5. The van der Waals surface area contributed by atoms with Crippen molar-refractivity contribution < 1.29 is 4.74 Å². The number of morpholine rings is 1. The number of hydrogen-bond donors (Lipinski definition) is 1. The van der Waals surface area contributed by atoms with Crippen LogP contribution >= 0.6 is 0 Å². The van der Waals surface area contributed by atoms with Crippen molar-refractivity contribution in [2.24, 2.45) is 5.92 Å². The summed E-state index contributed by atoms with van der Waals surface area (Å²) in [7, 11) is 0. The topological polar surface area (TPSA) is 21.3 Å². The van der Waals surface area contributed by atoms with Crippen LogP contribution in [0.3, 0.4) is 0 Å². The summed E-state index contributed by atoms with van der Waals surface area (Å²) < 4.78 is 5.56. The highest BCUT2D eigenvalue weighted by molar-refractivity contribution is 4.88. The molecule has 0 radical (unpaired) electrons. The molecule has 1 saturated heterocycles. The van der Waals surface area contributed by atoms with Crippen molar-refractivity contribution in [2.45, 2.75) is 51.0 Å². The van der Waals surface area contributed by atoms with E-state index < -0.39 is 0 Å². The molecule has 2 rings (SSSR count). The van der Waals surface area contributed by atoms with E-state index in [0.717, 1.165) is 25.7 Å². The van der Waals surface area contributed by atoms with Crippen LogP contribution in [0.15, 0.2) is 0 Å². The van der Waals surface area contributed by atoms with Gasteiger partial charge in [0.25, 0.3) is 0 Å². The number of rotatable bonds is 2. The fraction of sp³-hybridized carbons (Fsp3) is 1.00. The van der Waals surface area contributed by atoms with Crippen LogP contribution in [-0.4, -0.2) is 25.3 Å². The molecular weight excluding hydrogens is 174 g/mol. The minimum Gasteiger partial charge on any atom is -0.378 e. The average molecular weight is 197 g/mol. The summed E-state index contributed by atoms with van der Waals surface area (Å²) >= 11 is 0. The van der Waals surface area contributed by atoms with Crippen molar-refractivity contribution in [1.82, 2.24) is 5.32 Å². The molecule has 0 spiro atoms. The highest BCUT2D eigenvalue weighted by Crippen LogP contribution is 2.31. The van der Waals surface area contributed by atoms with Crippen molar-refractivity contribution >= 4 is 0 Å². The van der Waals surface area contributed by atoms with Crippen molar-refractivity contribution in [3.63, 3.8) is 0 Å². The molecule has 2 aliphatic rings. The minimum atomic E-state index is 0.264. The highest BCUT2D eigenvalue weighted by Gasteiger charge is 2.30. The van der Waals surface area contributed by atoms with Crippen molar-refractivity contribution in [3.8, 4) is 0 Å². The molecule has 2 fully saturated rings. The standard InChI is InChI=1S/C12H23NO/c1-12(10-14-8-7-13-12)9-11-5-3-2-4-6-11/h11,13H,2-10H2,1H3. The fourth-order valence-corrected chi connectivity index (χ4v) is 2.93. The van der Waals surface area contributed by atoms with E-state index in [9.17, 15) is 0 Å². The summed E-state index contributed by atoms with van der Waals surface area (Å²) in [5.41, 5.74) is 0.264. The van der Waals surface area contributed by atoms with E-state index in [0.29, 0.717) is 0 Å². The Morgan fingerprint density at radius 3 is 2.71 bits per heavy atom. The second-order valence-electron chi connectivity index (χ2n) is 5.25. The maximum absolute atomic E-state index is 5.56. The molecule has 1 N–H and O–H groups in total. The van der Waals surface area contributed by atoms with Crippen molar-refractivity contribution in [1.29, 1.82) is 0 Å². The van der Waals surface area contributed by atoms with Gasteiger partial charge in [0, 0.05) is 12.1 Å². The molecule has 0 bridgehead atoms. The molecule has 1 aliphatic carbocycles. The lowest BCUT2D eigenvalue weighted by Gasteiger charge is -2.38. The lowest BCUT2D eigenvalue weighted by molar-refractivity contribution is 0.0213. The Labute approximate surface area is 87.4 Å². The average Bonchev–Trinajstić information content (AvgIpc) is 2.19. The number of ether oxygens (including phenoxy) is 1. The lowest BCUT2D eigenvalue weighted by atomic mass is 9.80. The first kappa shape index (κ1) is 10.4. The van der Waals surface area contributed by atoms with Gasteiger partial charge in [0.1, 0.15) is 0 Å². The zero-order chi connectivity index (χ0) is 9.86. The van der Waals surface area contributed by atoms with Gasteiger partial charge in [-0.25, -0.2) is 0 Å². The van der Waals surface area contributed by atoms with Gasteiger partial charge in [-0.2, -0.15) is 0 Å². The molecule has 0 aromatic carbocycles. The zero-order valence-corrected chi connectivity index (χ0v) is 9.35. The van der Waals surface area contributed by atoms with Crippen LogP contribution in [-0.2, 0) is 4.74 Å². The summed E-state index contributed by atoms with van der Waals surface area (Å²) in [6.45, 7) is 5.15. The number of hydrogen-bond acceptors (Lipinski definition) is 2. The lowest BCUT2D eigenvalue weighted by Crippen LogP contribution is -2.53. The van der Waals surface area contributed by atoms with E-state index >= 15 is 0 Å². The third-order valence-electron chi connectivity index (χ3n) is 3.68. The van der Waals surface area contributed by atoms with Gasteiger partial charge in [-0.05, 0) is 19.3 Å². The molecule has 2 heteroatoms. The second kappa shape index (κ2) is 4.63. The maximum atomic E-state index is 5.56. The fourth-order valence-electron chi connectivity index (χ4n) is 2.93. The van der Waals surface area contributed by atoms with E-state index in [1.165, 1.54) is 38.5 Å². The molecule has 1 saturated carbocycles. The summed E-state index contributed by atoms with van der Waals surface area (Å²) in [5.74, 6) is 0.947. The summed E-state index contributed by atoms with van der Waals surface area (Å²) in [5, 5.41) is 3.62. The summed E-state index contributed by atoms with van der Waals surface area (Å²) in [4.78, 5) is 0. The maximum Gasteiger partial charge on any atom is 0.0646 e. The Morgan fingerprint density at radius 1 is 1.29 bits per heavy atom. The van der Waals surface area contributed by atoms with E-state index in [2.05, 4.69) is 12.2 Å². The van der Waals surface area contributed by atoms with Gasteiger partial charge < -0.3 is 10.1 Å². The third kappa shape index (κ3) is 2.71. The van der Waals surface area contributed by atoms with Gasteiger partial charge >= 0.3 is 0 Å². The summed E-state index contributed by atoms with van der Waals surface area (Å²) in [6.07, 6.45) is 8.54. The molecule has 1 aliphatic heterocycles. The SMILES string of the molecule is CC1(CC2CCCCC2)COCCN1. The first-order chi connectivity index (χ1) is 6.79. The monoisotopic (exact) mass is 197 g/mol. The largest absolute Gasteiger partial charge is 0.378 e. The van der Waals surface area contributed by atoms with E-state index in [4.69, 9.17) is 4.74 Å². The Balaban J connectivity index is 1.81. The van der Waals surface area contributed by atoms with Crippen LogP contribution in [0.5, 0.6) is 0 Å². The molecule has 1 atom stereocenters. The van der Waals surface area contributed by atoms with Crippen LogP contribution in [0.1, 0.15) is 45.4 Å². The van der Waals surface area contributed by atoms with Gasteiger partial charge in [-0.1, -0.05) is 32.1 Å². The minimum absolute atomic E-state index is 0.264. The van der Waals surface area contributed by atoms with Crippen molar-refractivity contribution in [2.75, 3.05) is 19.8 Å². The first-order valence-electron chi connectivity index (χ1n) is 6.11. The zero-order valence-electron chi connectivity index (χ0n) is 9.35. The van der Waals surface area contributed by atoms with Gasteiger partial charge in [-0.15, -0.1) is 0 Å². The Morgan fingerprint density at radius 2 is 2.07 bits per heavy atom. The van der Waals surface area contributed by atoms with Crippen LogP contribution in [0.4, 0.5) is 0 Å². The molecule has 82 valence electrons. The smallest absolute Gasteiger partial charge is 0.0646 e. The Kier molecular flexibility index (Phi) is 3.45. The van der Waals surface area contributed by atoms with Gasteiger partial charge in [0.15, 0.2) is 0 Å². The number of nitrogens with one attached hydrogen (secondary N) is 1. The molecule has 0 aromatic heterocycles. The van der Waals surface area contributed by atoms with E-state index in [1.807, 2.05) is 0 Å². The molecule has 0 aromatic rings. The molecular formula is C12H23NO. The van der Waals surface area contributed by atoms with Crippen LogP contribution in [0.25, 0.3) is 0 Å².